The van der Waals surface area contributed by atoms with Crippen molar-refractivity contribution in [3.63, 3.8) is 0 Å². The van der Waals surface area contributed by atoms with E-state index in [0.717, 1.165) is 37.1 Å². The number of hydrogen-bond acceptors (Lipinski definition) is 3. The van der Waals surface area contributed by atoms with Gasteiger partial charge in [0.05, 0.1) is 13.2 Å². The Morgan fingerprint density at radius 2 is 2.00 bits per heavy atom. The van der Waals surface area contributed by atoms with Gasteiger partial charge < -0.3 is 15.2 Å². The van der Waals surface area contributed by atoms with Gasteiger partial charge in [0, 0.05) is 12.5 Å². The zero-order valence-electron chi connectivity index (χ0n) is 12.3. The second-order valence-electron chi connectivity index (χ2n) is 6.13. The average molecular weight is 275 g/mol. The Morgan fingerprint density at radius 1 is 1.20 bits per heavy atom. The lowest BCUT2D eigenvalue weighted by Gasteiger charge is -2.21. The van der Waals surface area contributed by atoms with Gasteiger partial charge >= 0.3 is 0 Å². The number of fused-ring (bicyclic) bond motifs is 1. The molecule has 3 heteroatoms. The summed E-state index contributed by atoms with van der Waals surface area (Å²) >= 11 is 0. The molecule has 3 rings (SSSR count). The molecule has 0 amide bonds. The maximum Gasteiger partial charge on any atom is 0.161 e. The predicted octanol–water partition coefficient (Wildman–Crippen LogP) is 3.67. The van der Waals surface area contributed by atoms with Gasteiger partial charge in [0.1, 0.15) is 0 Å². The lowest BCUT2D eigenvalue weighted by Crippen LogP contribution is -2.19. The molecule has 2 aliphatic rings. The Morgan fingerprint density at radius 3 is 2.75 bits per heavy atom. The first kappa shape index (κ1) is 13.7. The van der Waals surface area contributed by atoms with Gasteiger partial charge in [0.25, 0.3) is 0 Å². The van der Waals surface area contributed by atoms with Crippen molar-refractivity contribution in [1.29, 1.82) is 0 Å². The Kier molecular flexibility index (Phi) is 4.16. The quantitative estimate of drug-likeness (QED) is 0.915. The molecule has 3 unspecified atom stereocenters. The fourth-order valence-electron chi connectivity index (χ4n) is 3.47. The van der Waals surface area contributed by atoms with Gasteiger partial charge in [-0.3, -0.25) is 0 Å². The standard InChI is InChI=1S/C17H25NO2/c1-2-12-4-5-13(10-12)17(18)14-6-7-15-16(11-14)20-9-3-8-19-15/h6-7,11-13,17H,2-5,8-10,18H2,1H3. The van der Waals surface area contributed by atoms with Gasteiger partial charge in [-0.2, -0.15) is 0 Å². The normalized spacial score (nSPS) is 27.1. The molecule has 0 saturated heterocycles. The van der Waals surface area contributed by atoms with E-state index in [0.29, 0.717) is 5.92 Å². The van der Waals surface area contributed by atoms with Gasteiger partial charge in [0.2, 0.25) is 0 Å². The van der Waals surface area contributed by atoms with Crippen molar-refractivity contribution in [1.82, 2.24) is 0 Å². The molecule has 1 heterocycles. The molecule has 20 heavy (non-hydrogen) atoms. The molecule has 1 aromatic rings. The summed E-state index contributed by atoms with van der Waals surface area (Å²) in [6.45, 7) is 3.75. The van der Waals surface area contributed by atoms with Gasteiger partial charge in [-0.15, -0.1) is 0 Å². The third kappa shape index (κ3) is 2.78. The summed E-state index contributed by atoms with van der Waals surface area (Å²) in [5, 5.41) is 0. The van der Waals surface area contributed by atoms with Crippen LogP contribution in [-0.4, -0.2) is 13.2 Å². The van der Waals surface area contributed by atoms with Crippen LogP contribution in [0, 0.1) is 11.8 Å². The first-order chi connectivity index (χ1) is 9.78. The molecule has 3 atom stereocenters. The summed E-state index contributed by atoms with van der Waals surface area (Å²) in [5.41, 5.74) is 7.68. The first-order valence-electron chi connectivity index (χ1n) is 7.93. The van der Waals surface area contributed by atoms with Crippen LogP contribution in [0.2, 0.25) is 0 Å². The Bertz CT molecular complexity index is 460. The van der Waals surface area contributed by atoms with Crippen molar-refractivity contribution in [2.24, 2.45) is 17.6 Å². The van der Waals surface area contributed by atoms with Crippen molar-refractivity contribution >= 4 is 0 Å². The van der Waals surface area contributed by atoms with E-state index in [1.54, 1.807) is 0 Å². The lowest BCUT2D eigenvalue weighted by atomic mass is 9.91. The highest BCUT2D eigenvalue weighted by molar-refractivity contribution is 5.44. The molecule has 0 radical (unpaired) electrons. The van der Waals surface area contributed by atoms with Crippen LogP contribution >= 0.6 is 0 Å². The van der Waals surface area contributed by atoms with Crippen LogP contribution in [0.15, 0.2) is 18.2 Å². The van der Waals surface area contributed by atoms with Gasteiger partial charge in [-0.1, -0.05) is 25.8 Å². The maximum atomic E-state index is 6.49. The van der Waals surface area contributed by atoms with E-state index in [2.05, 4.69) is 19.1 Å². The number of benzene rings is 1. The molecule has 1 aliphatic carbocycles. The SMILES string of the molecule is CCC1CCC(C(N)c2ccc3c(c2)OCCCO3)C1. The number of nitrogens with two attached hydrogens (primary N) is 1. The molecule has 0 bridgehead atoms. The smallest absolute Gasteiger partial charge is 0.161 e. The van der Waals surface area contributed by atoms with E-state index in [9.17, 15) is 0 Å². The Hall–Kier alpha value is -1.22. The second kappa shape index (κ2) is 6.04. The van der Waals surface area contributed by atoms with Crippen molar-refractivity contribution in [2.75, 3.05) is 13.2 Å². The van der Waals surface area contributed by atoms with Gasteiger partial charge in [-0.25, -0.2) is 0 Å². The molecule has 3 nitrogen and oxygen atoms in total. The third-order valence-corrected chi connectivity index (χ3v) is 4.82. The maximum absolute atomic E-state index is 6.49. The van der Waals surface area contributed by atoms with E-state index in [4.69, 9.17) is 15.2 Å². The minimum atomic E-state index is 0.128. The van der Waals surface area contributed by atoms with E-state index >= 15 is 0 Å². The average Bonchev–Trinajstić information content (AvgIpc) is 2.84. The molecule has 1 aliphatic heterocycles. The van der Waals surface area contributed by atoms with Crippen LogP contribution in [0.5, 0.6) is 11.5 Å². The van der Waals surface area contributed by atoms with Crippen molar-refractivity contribution in [2.45, 2.75) is 45.1 Å². The minimum absolute atomic E-state index is 0.128. The molecular formula is C17H25NO2. The van der Waals surface area contributed by atoms with Crippen LogP contribution < -0.4 is 15.2 Å². The van der Waals surface area contributed by atoms with E-state index in [1.165, 1.54) is 31.2 Å². The Balaban J connectivity index is 1.75. The fourth-order valence-corrected chi connectivity index (χ4v) is 3.47. The molecule has 2 N–H and O–H groups in total. The fraction of sp³-hybridized carbons (Fsp3) is 0.647. The first-order valence-corrected chi connectivity index (χ1v) is 7.93. The molecular weight excluding hydrogens is 250 g/mol. The van der Waals surface area contributed by atoms with Gasteiger partial charge in [-0.05, 0) is 42.4 Å². The Labute approximate surface area is 121 Å². The second-order valence-corrected chi connectivity index (χ2v) is 6.13. The molecule has 1 saturated carbocycles. The van der Waals surface area contributed by atoms with Crippen LogP contribution in [0.25, 0.3) is 0 Å². The highest BCUT2D eigenvalue weighted by Crippen LogP contribution is 2.41. The zero-order valence-corrected chi connectivity index (χ0v) is 12.3. The van der Waals surface area contributed by atoms with Crippen molar-refractivity contribution in [3.8, 4) is 11.5 Å². The molecule has 0 spiro atoms. The van der Waals surface area contributed by atoms with Crippen LogP contribution in [0.3, 0.4) is 0 Å². The summed E-state index contributed by atoms with van der Waals surface area (Å²) in [4.78, 5) is 0. The zero-order chi connectivity index (χ0) is 13.9. The van der Waals surface area contributed by atoms with E-state index in [1.807, 2.05) is 6.07 Å². The monoisotopic (exact) mass is 275 g/mol. The topological polar surface area (TPSA) is 44.5 Å². The summed E-state index contributed by atoms with van der Waals surface area (Å²) in [5.74, 6) is 3.20. The molecule has 1 aromatic carbocycles. The van der Waals surface area contributed by atoms with E-state index in [-0.39, 0.29) is 6.04 Å². The number of hydrogen-bond donors (Lipinski definition) is 1. The summed E-state index contributed by atoms with van der Waals surface area (Å²) in [6, 6.07) is 6.34. The summed E-state index contributed by atoms with van der Waals surface area (Å²) < 4.78 is 11.4. The van der Waals surface area contributed by atoms with E-state index < -0.39 is 0 Å². The third-order valence-electron chi connectivity index (χ3n) is 4.82. The summed E-state index contributed by atoms with van der Waals surface area (Å²) in [6.07, 6.45) is 6.08. The molecule has 0 aromatic heterocycles. The molecule has 110 valence electrons. The molecule has 1 fully saturated rings. The minimum Gasteiger partial charge on any atom is -0.490 e. The lowest BCUT2D eigenvalue weighted by molar-refractivity contribution is 0.297. The van der Waals surface area contributed by atoms with Crippen molar-refractivity contribution in [3.05, 3.63) is 23.8 Å². The largest absolute Gasteiger partial charge is 0.490 e. The van der Waals surface area contributed by atoms with Crippen LogP contribution in [0.4, 0.5) is 0 Å². The van der Waals surface area contributed by atoms with Crippen LogP contribution in [0.1, 0.15) is 50.6 Å². The summed E-state index contributed by atoms with van der Waals surface area (Å²) in [7, 11) is 0. The van der Waals surface area contributed by atoms with Crippen LogP contribution in [-0.2, 0) is 0 Å². The highest BCUT2D eigenvalue weighted by Gasteiger charge is 2.29. The van der Waals surface area contributed by atoms with Crippen molar-refractivity contribution < 1.29 is 9.47 Å². The van der Waals surface area contributed by atoms with Gasteiger partial charge in [0.15, 0.2) is 11.5 Å². The highest BCUT2D eigenvalue weighted by atomic mass is 16.5. The number of rotatable bonds is 3. The predicted molar refractivity (Wildman–Crippen MR) is 80.1 cm³/mol. The number of ether oxygens (including phenoxy) is 2.